The maximum atomic E-state index is 12.3. The van der Waals surface area contributed by atoms with Gasteiger partial charge in [0.25, 0.3) is 0 Å². The summed E-state index contributed by atoms with van der Waals surface area (Å²) in [5, 5.41) is 0. The Bertz CT molecular complexity index is 818. The minimum atomic E-state index is -0.300. The number of aromatic nitrogens is 2. The van der Waals surface area contributed by atoms with Gasteiger partial charge in [-0.05, 0) is 24.1 Å². The summed E-state index contributed by atoms with van der Waals surface area (Å²) in [4.78, 5) is 16.3. The van der Waals surface area contributed by atoms with Gasteiger partial charge in [0.2, 0.25) is 5.88 Å². The van der Waals surface area contributed by atoms with E-state index < -0.39 is 0 Å². The average Bonchev–Trinajstić information content (AvgIpc) is 2.60. The predicted octanol–water partition coefficient (Wildman–Crippen LogP) is 1.26. The zero-order chi connectivity index (χ0) is 16.5. The summed E-state index contributed by atoms with van der Waals surface area (Å²) in [6, 6.07) is 7.54. The second-order valence-corrected chi connectivity index (χ2v) is 5.96. The molecule has 25 heavy (non-hydrogen) atoms. The molecule has 0 spiro atoms. The number of nitrogens with zero attached hydrogens (tertiary/aromatic N) is 2. The van der Waals surface area contributed by atoms with Crippen LogP contribution in [0.15, 0.2) is 29.1 Å². The number of hydrogen-bond acceptors (Lipinski definition) is 6. The first-order chi connectivity index (χ1) is 11.7. The maximum Gasteiger partial charge on any atom is 0.351 e. The van der Waals surface area contributed by atoms with Gasteiger partial charge in [0.15, 0.2) is 0 Å². The van der Waals surface area contributed by atoms with Crippen molar-refractivity contribution in [3.8, 4) is 17.1 Å². The molecule has 1 unspecified atom stereocenters. The predicted molar refractivity (Wildman–Crippen MR) is 95.4 cm³/mol. The third kappa shape index (κ3) is 3.63. The summed E-state index contributed by atoms with van der Waals surface area (Å²) >= 11 is 0. The number of nitrogens with two attached hydrogens (primary N) is 1. The number of anilines is 1. The zero-order valence-electron chi connectivity index (χ0n) is 13.6. The lowest BCUT2D eigenvalue weighted by Crippen LogP contribution is -2.34. The van der Waals surface area contributed by atoms with Crippen molar-refractivity contribution in [3.63, 3.8) is 0 Å². The highest BCUT2D eigenvalue weighted by Crippen LogP contribution is 2.30. The molecule has 0 bridgehead atoms. The van der Waals surface area contributed by atoms with E-state index in [1.165, 1.54) is 0 Å². The van der Waals surface area contributed by atoms with Crippen LogP contribution >= 0.6 is 12.4 Å². The number of fused-ring (bicyclic) bond motifs is 3. The average molecular weight is 366 g/mol. The van der Waals surface area contributed by atoms with Crippen LogP contribution in [0.1, 0.15) is 5.56 Å². The number of rotatable bonds is 3. The van der Waals surface area contributed by atoms with Crippen LogP contribution in [0.3, 0.4) is 0 Å². The Morgan fingerprint density at radius 3 is 3.00 bits per heavy atom. The standard InChI is InChI=1S/C17H19N3O4.ClH/c18-12-1-2-14-11(7-12)3-4-20-15(14)8-16(19-17(20)21)24-10-13-9-22-5-6-23-13;/h1-2,7-8,13H,3-6,9-10,18H2;1H. The molecule has 7 nitrogen and oxygen atoms in total. The highest BCUT2D eigenvalue weighted by molar-refractivity contribution is 5.85. The molecule has 2 aromatic rings. The van der Waals surface area contributed by atoms with E-state index >= 15 is 0 Å². The maximum absolute atomic E-state index is 12.3. The first-order valence-electron chi connectivity index (χ1n) is 8.03. The van der Waals surface area contributed by atoms with Crippen molar-refractivity contribution in [3.05, 3.63) is 40.3 Å². The summed E-state index contributed by atoms with van der Waals surface area (Å²) in [6.45, 7) is 2.56. The molecule has 0 radical (unpaired) electrons. The normalized spacial score (nSPS) is 18.6. The third-order valence-corrected chi connectivity index (χ3v) is 4.30. The first kappa shape index (κ1) is 17.7. The van der Waals surface area contributed by atoms with Gasteiger partial charge in [-0.15, -0.1) is 12.4 Å². The van der Waals surface area contributed by atoms with Crippen molar-refractivity contribution in [1.82, 2.24) is 9.55 Å². The molecule has 0 aliphatic carbocycles. The molecule has 0 saturated carbocycles. The molecule has 2 N–H and O–H groups in total. The molecular weight excluding hydrogens is 346 g/mol. The van der Waals surface area contributed by atoms with E-state index in [0.717, 1.165) is 28.9 Å². The topological polar surface area (TPSA) is 88.6 Å². The van der Waals surface area contributed by atoms with Crippen LogP contribution in [0.25, 0.3) is 11.3 Å². The van der Waals surface area contributed by atoms with E-state index in [1.807, 2.05) is 18.2 Å². The SMILES string of the molecule is Cl.Nc1ccc2c(c1)CCn1c-2cc(OCC2COCCO2)nc1=O. The summed E-state index contributed by atoms with van der Waals surface area (Å²) in [6.07, 6.45) is 0.633. The first-order valence-corrected chi connectivity index (χ1v) is 8.03. The lowest BCUT2D eigenvalue weighted by molar-refractivity contribution is -0.102. The lowest BCUT2D eigenvalue weighted by Gasteiger charge is -2.24. The van der Waals surface area contributed by atoms with Gasteiger partial charge in [0.1, 0.15) is 12.7 Å². The van der Waals surface area contributed by atoms with Crippen molar-refractivity contribution in [1.29, 1.82) is 0 Å². The molecule has 8 heteroatoms. The van der Waals surface area contributed by atoms with Crippen molar-refractivity contribution >= 4 is 18.1 Å². The van der Waals surface area contributed by atoms with Crippen molar-refractivity contribution in [2.75, 3.05) is 32.2 Å². The Morgan fingerprint density at radius 1 is 1.32 bits per heavy atom. The summed E-state index contributed by atoms with van der Waals surface area (Å²) in [7, 11) is 0. The number of halogens is 1. The molecule has 2 aliphatic heterocycles. The van der Waals surface area contributed by atoms with Gasteiger partial charge in [-0.3, -0.25) is 4.57 Å². The second-order valence-electron chi connectivity index (χ2n) is 5.96. The van der Waals surface area contributed by atoms with Crippen LogP contribution < -0.4 is 16.2 Å². The van der Waals surface area contributed by atoms with E-state index in [9.17, 15) is 4.79 Å². The molecule has 1 atom stereocenters. The number of nitrogen functional groups attached to an aromatic ring is 1. The van der Waals surface area contributed by atoms with Crippen LogP contribution in [-0.4, -0.2) is 42.1 Å². The molecule has 134 valence electrons. The minimum absolute atomic E-state index is 0. The summed E-state index contributed by atoms with van der Waals surface area (Å²) < 4.78 is 18.2. The van der Waals surface area contributed by atoms with Gasteiger partial charge < -0.3 is 19.9 Å². The summed E-state index contributed by atoms with van der Waals surface area (Å²) in [5.74, 6) is 0.310. The Balaban J connectivity index is 0.00000182. The smallest absolute Gasteiger partial charge is 0.351 e. The van der Waals surface area contributed by atoms with Gasteiger partial charge in [-0.1, -0.05) is 6.07 Å². The van der Waals surface area contributed by atoms with Crippen LogP contribution in [0.2, 0.25) is 0 Å². The van der Waals surface area contributed by atoms with Crippen LogP contribution in [0.5, 0.6) is 5.88 Å². The van der Waals surface area contributed by atoms with Crippen molar-refractivity contribution in [2.45, 2.75) is 19.1 Å². The highest BCUT2D eigenvalue weighted by atomic mass is 35.5. The van der Waals surface area contributed by atoms with Crippen LogP contribution in [0, 0.1) is 0 Å². The molecule has 3 heterocycles. The van der Waals surface area contributed by atoms with Gasteiger partial charge in [-0.2, -0.15) is 4.98 Å². The van der Waals surface area contributed by atoms with Crippen molar-refractivity contribution in [2.24, 2.45) is 0 Å². The molecule has 0 amide bonds. The number of aryl methyl sites for hydroxylation is 1. The van der Waals surface area contributed by atoms with Crippen molar-refractivity contribution < 1.29 is 14.2 Å². The quantitative estimate of drug-likeness (QED) is 0.824. The van der Waals surface area contributed by atoms with Gasteiger partial charge in [-0.25, -0.2) is 4.79 Å². The van der Waals surface area contributed by atoms with Gasteiger partial charge in [0.05, 0.1) is 25.5 Å². The molecule has 1 saturated heterocycles. The fraction of sp³-hybridized carbons (Fsp3) is 0.412. The van der Waals surface area contributed by atoms with Crippen LogP contribution in [0.4, 0.5) is 5.69 Å². The Labute approximate surface area is 151 Å². The van der Waals surface area contributed by atoms with Gasteiger partial charge in [0, 0.05) is 23.9 Å². The fourth-order valence-electron chi connectivity index (χ4n) is 3.11. The molecule has 4 rings (SSSR count). The Kier molecular flexibility index (Phi) is 5.27. The molecule has 2 aliphatic rings. The van der Waals surface area contributed by atoms with E-state index in [1.54, 1.807) is 10.6 Å². The van der Waals surface area contributed by atoms with E-state index in [4.69, 9.17) is 19.9 Å². The minimum Gasteiger partial charge on any atom is -0.475 e. The second kappa shape index (κ2) is 7.43. The number of hydrogen-bond donors (Lipinski definition) is 1. The number of ether oxygens (including phenoxy) is 3. The molecule has 1 aromatic heterocycles. The summed E-state index contributed by atoms with van der Waals surface area (Å²) in [5.41, 5.74) is 9.23. The largest absolute Gasteiger partial charge is 0.475 e. The zero-order valence-corrected chi connectivity index (χ0v) is 14.5. The van der Waals surface area contributed by atoms with E-state index in [0.29, 0.717) is 38.9 Å². The monoisotopic (exact) mass is 365 g/mol. The lowest BCUT2D eigenvalue weighted by atomic mass is 9.97. The Morgan fingerprint density at radius 2 is 2.20 bits per heavy atom. The van der Waals surface area contributed by atoms with E-state index in [2.05, 4.69) is 4.98 Å². The van der Waals surface area contributed by atoms with E-state index in [-0.39, 0.29) is 24.2 Å². The molecular formula is C17H20ClN3O4. The molecule has 1 aromatic carbocycles. The highest BCUT2D eigenvalue weighted by Gasteiger charge is 2.20. The number of benzene rings is 1. The molecule has 1 fully saturated rings. The Hall–Kier alpha value is -2.09. The van der Waals surface area contributed by atoms with Gasteiger partial charge >= 0.3 is 5.69 Å². The third-order valence-electron chi connectivity index (χ3n) is 4.30. The van der Waals surface area contributed by atoms with Crippen LogP contribution in [-0.2, 0) is 22.4 Å². The fourth-order valence-corrected chi connectivity index (χ4v) is 3.11.